The summed E-state index contributed by atoms with van der Waals surface area (Å²) in [6.45, 7) is 0. The number of benzene rings is 1. The highest BCUT2D eigenvalue weighted by Crippen LogP contribution is 2.15. The normalized spacial score (nSPS) is 9.55. The smallest absolute Gasteiger partial charge is 0.258 e. The fourth-order valence-electron chi connectivity index (χ4n) is 0.706. The van der Waals surface area contributed by atoms with Gasteiger partial charge in [-0.1, -0.05) is 28.1 Å². The van der Waals surface area contributed by atoms with E-state index in [4.69, 9.17) is 0 Å². The van der Waals surface area contributed by atoms with Gasteiger partial charge in [0, 0.05) is 12.1 Å². The highest BCUT2D eigenvalue weighted by Gasteiger charge is 2.03. The second kappa shape index (κ2) is 3.48. The van der Waals surface area contributed by atoms with Crippen LogP contribution >= 0.6 is 15.9 Å². The molecule has 1 rings (SSSR count). The van der Waals surface area contributed by atoms with Crippen molar-refractivity contribution < 1.29 is 4.92 Å². The molecule has 0 N–H and O–H groups in total. The molecule has 0 saturated carbocycles. The molecule has 0 aliphatic rings. The zero-order chi connectivity index (χ0) is 8.27. The van der Waals surface area contributed by atoms with Gasteiger partial charge in [-0.3, -0.25) is 10.1 Å². The summed E-state index contributed by atoms with van der Waals surface area (Å²) in [5.74, 6) is 0. The molecule has 0 aliphatic heterocycles. The summed E-state index contributed by atoms with van der Waals surface area (Å²) in [5, 5.41) is 11.9. The van der Waals surface area contributed by atoms with Gasteiger partial charge in [-0.2, -0.15) is 0 Å². The van der Waals surface area contributed by atoms with Crippen molar-refractivity contribution in [3.05, 3.63) is 45.3 Å². The number of hydrogen-bond acceptors (Lipinski definition) is 2. The summed E-state index contributed by atoms with van der Waals surface area (Å²) in [5.41, 5.74) is 0.900. The van der Waals surface area contributed by atoms with Crippen LogP contribution in [-0.4, -0.2) is 4.92 Å². The second-order valence-electron chi connectivity index (χ2n) is 1.96. The maximum atomic E-state index is 10.2. The number of nitro groups is 1. The third kappa shape index (κ3) is 2.01. The fourth-order valence-corrected chi connectivity index (χ4v) is 0.991. The maximum absolute atomic E-state index is 10.2. The highest BCUT2D eigenvalue weighted by atomic mass is 79.9. The van der Waals surface area contributed by atoms with Gasteiger partial charge >= 0.3 is 0 Å². The van der Waals surface area contributed by atoms with Crippen molar-refractivity contribution in [2.45, 2.75) is 0 Å². The molecule has 0 fully saturated rings. The average molecular weight is 215 g/mol. The van der Waals surface area contributed by atoms with Crippen LogP contribution in [0.15, 0.2) is 24.3 Å². The van der Waals surface area contributed by atoms with Crippen LogP contribution < -0.4 is 0 Å². The Morgan fingerprint density at radius 1 is 1.55 bits per heavy atom. The molecule has 0 aliphatic carbocycles. The van der Waals surface area contributed by atoms with E-state index >= 15 is 0 Å². The first-order valence-corrected chi connectivity index (χ1v) is 3.83. The summed E-state index contributed by atoms with van der Waals surface area (Å²) in [6, 6.07) is 6.38. The van der Waals surface area contributed by atoms with Crippen LogP contribution in [0.3, 0.4) is 0 Å². The zero-order valence-electron chi connectivity index (χ0n) is 5.53. The molecule has 0 amide bonds. The van der Waals surface area contributed by atoms with Gasteiger partial charge in [0.25, 0.3) is 5.69 Å². The molecule has 11 heavy (non-hydrogen) atoms. The second-order valence-corrected chi connectivity index (χ2v) is 2.42. The van der Waals surface area contributed by atoms with Crippen molar-refractivity contribution >= 4 is 21.6 Å². The maximum Gasteiger partial charge on any atom is 0.269 e. The minimum atomic E-state index is -0.417. The molecule has 0 spiro atoms. The number of rotatable bonds is 2. The van der Waals surface area contributed by atoms with E-state index in [0.717, 1.165) is 5.56 Å². The first-order valence-electron chi connectivity index (χ1n) is 2.92. The Bertz CT molecular complexity index is 275. The number of halogens is 1. The van der Waals surface area contributed by atoms with Crippen LogP contribution in [0, 0.1) is 15.4 Å². The Balaban J connectivity index is 3.01. The Kier molecular flexibility index (Phi) is 2.59. The van der Waals surface area contributed by atoms with Crippen molar-refractivity contribution in [3.8, 4) is 0 Å². The van der Waals surface area contributed by atoms with Gasteiger partial charge in [-0.25, -0.2) is 0 Å². The van der Waals surface area contributed by atoms with Crippen LogP contribution in [0.5, 0.6) is 0 Å². The van der Waals surface area contributed by atoms with Gasteiger partial charge < -0.3 is 0 Å². The van der Waals surface area contributed by atoms with E-state index in [0.29, 0.717) is 0 Å². The third-order valence-electron chi connectivity index (χ3n) is 1.21. The topological polar surface area (TPSA) is 43.1 Å². The number of non-ortho nitro benzene ring substituents is 1. The monoisotopic (exact) mass is 214 g/mol. The van der Waals surface area contributed by atoms with Gasteiger partial charge in [0.15, 0.2) is 0 Å². The van der Waals surface area contributed by atoms with Crippen molar-refractivity contribution in [2.75, 3.05) is 0 Å². The number of nitrogens with zero attached hydrogens (tertiary/aromatic N) is 1. The number of hydrogen-bond donors (Lipinski definition) is 0. The number of nitro benzene ring substituents is 1. The molecule has 0 saturated heterocycles. The quantitative estimate of drug-likeness (QED) is 0.561. The molecule has 57 valence electrons. The molecular weight excluding hydrogens is 210 g/mol. The molecule has 1 radical (unpaired) electrons. The molecule has 3 nitrogen and oxygen atoms in total. The van der Waals surface area contributed by atoms with E-state index < -0.39 is 4.92 Å². The van der Waals surface area contributed by atoms with Crippen molar-refractivity contribution in [2.24, 2.45) is 0 Å². The average Bonchev–Trinajstić information content (AvgIpc) is 2.05. The Morgan fingerprint density at radius 3 is 2.82 bits per heavy atom. The third-order valence-corrected chi connectivity index (χ3v) is 1.74. The van der Waals surface area contributed by atoms with Crippen LogP contribution in [-0.2, 0) is 0 Å². The predicted octanol–water partition coefficient (Wildman–Crippen LogP) is 2.50. The Hall–Kier alpha value is -0.900. The van der Waals surface area contributed by atoms with E-state index in [1.54, 1.807) is 17.5 Å². The zero-order valence-corrected chi connectivity index (χ0v) is 7.11. The summed E-state index contributed by atoms with van der Waals surface area (Å²) in [4.78, 5) is 9.83. The molecule has 0 atom stereocenters. The molecule has 0 aromatic heterocycles. The van der Waals surface area contributed by atoms with Gasteiger partial charge in [-0.05, 0) is 5.56 Å². The van der Waals surface area contributed by atoms with E-state index in [1.165, 1.54) is 12.1 Å². The minimum absolute atomic E-state index is 0.109. The fraction of sp³-hybridized carbons (Fsp3) is 0. The van der Waals surface area contributed by atoms with Crippen LogP contribution in [0.2, 0.25) is 0 Å². The van der Waals surface area contributed by atoms with E-state index in [2.05, 4.69) is 15.9 Å². The van der Waals surface area contributed by atoms with Crippen LogP contribution in [0.1, 0.15) is 5.56 Å². The first kappa shape index (κ1) is 8.20. The van der Waals surface area contributed by atoms with Gasteiger partial charge in [0.05, 0.1) is 10.3 Å². The van der Waals surface area contributed by atoms with Crippen LogP contribution in [0.4, 0.5) is 5.69 Å². The molecule has 0 heterocycles. The summed E-state index contributed by atoms with van der Waals surface area (Å²) in [6.07, 6.45) is 0. The summed E-state index contributed by atoms with van der Waals surface area (Å²) in [7, 11) is 0. The lowest BCUT2D eigenvalue weighted by molar-refractivity contribution is -0.384. The Labute approximate surface area is 72.3 Å². The summed E-state index contributed by atoms with van der Waals surface area (Å²) >= 11 is 3.09. The lowest BCUT2D eigenvalue weighted by Crippen LogP contribution is -1.87. The summed E-state index contributed by atoms with van der Waals surface area (Å²) < 4.78 is 0. The van der Waals surface area contributed by atoms with E-state index in [9.17, 15) is 10.1 Å². The molecule has 1 aromatic carbocycles. The molecular formula is C7H5BrNO2. The predicted molar refractivity (Wildman–Crippen MR) is 45.4 cm³/mol. The lowest BCUT2D eigenvalue weighted by Gasteiger charge is -1.93. The van der Waals surface area contributed by atoms with E-state index in [1.807, 2.05) is 0 Å². The largest absolute Gasteiger partial charge is 0.269 e. The first-order chi connectivity index (χ1) is 5.24. The van der Waals surface area contributed by atoms with Crippen molar-refractivity contribution in [1.29, 1.82) is 0 Å². The SMILES string of the molecule is O=[N+]([O-])c1cccc([CH]Br)c1. The molecule has 4 heteroatoms. The molecule has 0 bridgehead atoms. The van der Waals surface area contributed by atoms with Gasteiger partial charge in [0.2, 0.25) is 0 Å². The van der Waals surface area contributed by atoms with Gasteiger partial charge in [-0.15, -0.1) is 0 Å². The van der Waals surface area contributed by atoms with Crippen molar-refractivity contribution in [1.82, 2.24) is 0 Å². The Morgan fingerprint density at radius 2 is 2.27 bits per heavy atom. The minimum Gasteiger partial charge on any atom is -0.258 e. The molecule has 1 aromatic rings. The molecule has 0 unspecified atom stereocenters. The van der Waals surface area contributed by atoms with Crippen molar-refractivity contribution in [3.63, 3.8) is 0 Å². The standard InChI is InChI=1S/C7H5BrNO2/c8-5-6-2-1-3-7(4-6)9(10)11/h1-5H. The highest BCUT2D eigenvalue weighted by molar-refractivity contribution is 9.10. The van der Waals surface area contributed by atoms with Crippen LogP contribution in [0.25, 0.3) is 0 Å². The van der Waals surface area contributed by atoms with Gasteiger partial charge in [0.1, 0.15) is 0 Å². The van der Waals surface area contributed by atoms with E-state index in [-0.39, 0.29) is 5.69 Å². The lowest BCUT2D eigenvalue weighted by atomic mass is 10.2.